The standard InChI is InChI=1S/C11H13Cl2NO5S/c1-14(3-4-19-2)20(17,18)10-5-7(11(15)16)8(12)6-9(10)13/h5-6H,3-4H2,1-2H3,(H,15,16). The number of methoxy groups -OCH3 is 1. The van der Waals surface area contributed by atoms with Crippen LogP contribution in [0.15, 0.2) is 17.0 Å². The number of rotatable bonds is 6. The van der Waals surface area contributed by atoms with Crippen LogP contribution in [0, 0.1) is 0 Å². The van der Waals surface area contributed by atoms with E-state index in [0.717, 1.165) is 16.4 Å². The molecule has 0 fully saturated rings. The number of ether oxygens (including phenoxy) is 1. The molecule has 0 radical (unpaired) electrons. The molecule has 20 heavy (non-hydrogen) atoms. The Morgan fingerprint density at radius 3 is 2.45 bits per heavy atom. The third kappa shape index (κ3) is 3.62. The van der Waals surface area contributed by atoms with Gasteiger partial charge in [0.25, 0.3) is 0 Å². The van der Waals surface area contributed by atoms with Crippen molar-refractivity contribution in [2.45, 2.75) is 4.90 Å². The fraction of sp³-hybridized carbons (Fsp3) is 0.364. The van der Waals surface area contributed by atoms with Crippen LogP contribution >= 0.6 is 23.2 Å². The van der Waals surface area contributed by atoms with Gasteiger partial charge in [0.15, 0.2) is 0 Å². The molecule has 0 saturated carbocycles. The molecule has 0 aliphatic carbocycles. The minimum Gasteiger partial charge on any atom is -0.478 e. The van der Waals surface area contributed by atoms with Crippen LogP contribution in [0.1, 0.15) is 10.4 Å². The minimum absolute atomic E-state index is 0.111. The van der Waals surface area contributed by atoms with E-state index in [1.54, 1.807) is 0 Å². The Hall–Kier alpha value is -0.860. The van der Waals surface area contributed by atoms with Gasteiger partial charge in [0.2, 0.25) is 10.0 Å². The van der Waals surface area contributed by atoms with E-state index in [-0.39, 0.29) is 33.7 Å². The van der Waals surface area contributed by atoms with Gasteiger partial charge in [-0.3, -0.25) is 0 Å². The zero-order chi connectivity index (χ0) is 15.5. The number of aromatic carboxylic acids is 1. The summed E-state index contributed by atoms with van der Waals surface area (Å²) in [5, 5.41) is 8.71. The Morgan fingerprint density at radius 1 is 1.35 bits per heavy atom. The van der Waals surface area contributed by atoms with Gasteiger partial charge in [-0.2, -0.15) is 4.31 Å². The third-order valence-electron chi connectivity index (χ3n) is 2.55. The number of sulfonamides is 1. The van der Waals surface area contributed by atoms with Gasteiger partial charge in [0, 0.05) is 20.7 Å². The topological polar surface area (TPSA) is 83.9 Å². The monoisotopic (exact) mass is 341 g/mol. The number of benzene rings is 1. The van der Waals surface area contributed by atoms with Gasteiger partial charge in [-0.25, -0.2) is 13.2 Å². The lowest BCUT2D eigenvalue weighted by Gasteiger charge is -2.18. The molecule has 1 aromatic carbocycles. The van der Waals surface area contributed by atoms with Crippen LogP contribution in [0.3, 0.4) is 0 Å². The van der Waals surface area contributed by atoms with Gasteiger partial charge < -0.3 is 9.84 Å². The van der Waals surface area contributed by atoms with Crippen molar-refractivity contribution in [3.05, 3.63) is 27.7 Å². The highest BCUT2D eigenvalue weighted by molar-refractivity contribution is 7.89. The summed E-state index contributed by atoms with van der Waals surface area (Å²) in [5.74, 6) is -1.33. The van der Waals surface area contributed by atoms with Crippen LogP contribution < -0.4 is 0 Å². The summed E-state index contributed by atoms with van der Waals surface area (Å²) >= 11 is 11.6. The Kier molecular flexibility index (Phi) is 5.79. The summed E-state index contributed by atoms with van der Waals surface area (Å²) in [5.41, 5.74) is -0.324. The molecule has 0 saturated heterocycles. The average molecular weight is 342 g/mol. The number of nitrogens with zero attached hydrogens (tertiary/aromatic N) is 1. The first-order valence-corrected chi connectivity index (χ1v) is 7.59. The van der Waals surface area contributed by atoms with E-state index in [1.165, 1.54) is 14.2 Å². The summed E-state index contributed by atoms with van der Waals surface area (Å²) in [7, 11) is -1.13. The van der Waals surface area contributed by atoms with Crippen LogP contribution in [0.5, 0.6) is 0 Å². The van der Waals surface area contributed by atoms with Crippen LogP contribution in [-0.2, 0) is 14.8 Å². The van der Waals surface area contributed by atoms with E-state index in [2.05, 4.69) is 0 Å². The summed E-state index contributed by atoms with van der Waals surface area (Å²) in [6, 6.07) is 2.05. The van der Waals surface area contributed by atoms with Gasteiger partial charge in [-0.1, -0.05) is 23.2 Å². The molecular formula is C11H13Cl2NO5S. The zero-order valence-electron chi connectivity index (χ0n) is 10.8. The maximum atomic E-state index is 12.3. The second kappa shape index (κ2) is 6.73. The molecule has 0 spiro atoms. The van der Waals surface area contributed by atoms with Crippen molar-refractivity contribution in [2.24, 2.45) is 0 Å². The zero-order valence-corrected chi connectivity index (χ0v) is 13.1. The molecule has 1 rings (SSSR count). The molecule has 1 aromatic rings. The van der Waals surface area contributed by atoms with Crippen LogP contribution in [0.2, 0.25) is 10.0 Å². The summed E-state index contributed by atoms with van der Waals surface area (Å²) in [6.45, 7) is 0.312. The Morgan fingerprint density at radius 2 is 1.95 bits per heavy atom. The molecule has 0 aliphatic heterocycles. The molecule has 0 aromatic heterocycles. The highest BCUT2D eigenvalue weighted by atomic mass is 35.5. The first-order valence-electron chi connectivity index (χ1n) is 5.39. The van der Waals surface area contributed by atoms with E-state index in [1.807, 2.05) is 0 Å². The van der Waals surface area contributed by atoms with Crippen molar-refractivity contribution in [3.63, 3.8) is 0 Å². The second-order valence-electron chi connectivity index (χ2n) is 3.89. The first-order chi connectivity index (χ1) is 9.21. The fourth-order valence-electron chi connectivity index (χ4n) is 1.40. The average Bonchev–Trinajstić information content (AvgIpc) is 2.34. The second-order valence-corrected chi connectivity index (χ2v) is 6.71. The summed E-state index contributed by atoms with van der Waals surface area (Å²) < 4.78 is 30.4. The SMILES string of the molecule is COCCN(C)S(=O)(=O)c1cc(C(=O)O)c(Cl)cc1Cl. The van der Waals surface area contributed by atoms with Gasteiger partial charge in [-0.15, -0.1) is 0 Å². The van der Waals surface area contributed by atoms with Crippen LogP contribution in [0.4, 0.5) is 0 Å². The lowest BCUT2D eigenvalue weighted by atomic mass is 10.2. The van der Waals surface area contributed by atoms with Crippen molar-refractivity contribution in [1.29, 1.82) is 0 Å². The van der Waals surface area contributed by atoms with Gasteiger partial charge in [-0.05, 0) is 12.1 Å². The quantitative estimate of drug-likeness (QED) is 0.854. The molecule has 9 heteroatoms. The highest BCUT2D eigenvalue weighted by Crippen LogP contribution is 2.30. The number of hydrogen-bond acceptors (Lipinski definition) is 4. The van der Waals surface area contributed by atoms with Crippen molar-refractivity contribution in [3.8, 4) is 0 Å². The number of hydrogen-bond donors (Lipinski definition) is 1. The molecule has 6 nitrogen and oxygen atoms in total. The van der Waals surface area contributed by atoms with E-state index in [4.69, 9.17) is 33.0 Å². The predicted octanol–water partition coefficient (Wildman–Crippen LogP) is 1.96. The molecule has 0 atom stereocenters. The maximum absolute atomic E-state index is 12.3. The highest BCUT2D eigenvalue weighted by Gasteiger charge is 2.26. The van der Waals surface area contributed by atoms with Crippen molar-refractivity contribution in [1.82, 2.24) is 4.31 Å². The van der Waals surface area contributed by atoms with Crippen LogP contribution in [-0.4, -0.2) is 51.1 Å². The molecule has 0 unspecified atom stereocenters. The Bertz CT molecular complexity index is 617. The van der Waals surface area contributed by atoms with Crippen molar-refractivity contribution in [2.75, 3.05) is 27.3 Å². The third-order valence-corrected chi connectivity index (χ3v) is 5.18. The summed E-state index contributed by atoms with van der Waals surface area (Å²) in [4.78, 5) is 10.7. The van der Waals surface area contributed by atoms with Gasteiger partial charge in [0.1, 0.15) is 4.90 Å². The fourth-order valence-corrected chi connectivity index (χ4v) is 3.38. The smallest absolute Gasteiger partial charge is 0.337 e. The Balaban J connectivity index is 3.31. The number of carbonyl (C=O) groups is 1. The molecule has 112 valence electrons. The minimum atomic E-state index is -3.92. The van der Waals surface area contributed by atoms with Gasteiger partial charge >= 0.3 is 5.97 Å². The largest absolute Gasteiger partial charge is 0.478 e. The van der Waals surface area contributed by atoms with E-state index >= 15 is 0 Å². The molecule has 0 amide bonds. The summed E-state index contributed by atoms with van der Waals surface area (Å²) in [6.07, 6.45) is 0. The van der Waals surface area contributed by atoms with E-state index in [9.17, 15) is 13.2 Å². The molecule has 1 N–H and O–H groups in total. The molecule has 0 heterocycles. The number of likely N-dealkylation sites (N-methyl/N-ethyl adjacent to an activating group) is 1. The normalized spacial score (nSPS) is 11.8. The number of carboxylic acid groups (broad SMARTS) is 1. The molecule has 0 aliphatic rings. The lowest BCUT2D eigenvalue weighted by Crippen LogP contribution is -2.30. The van der Waals surface area contributed by atoms with Crippen molar-refractivity contribution < 1.29 is 23.1 Å². The number of halogens is 2. The first kappa shape index (κ1) is 17.2. The van der Waals surface area contributed by atoms with Gasteiger partial charge in [0.05, 0.1) is 22.2 Å². The van der Waals surface area contributed by atoms with E-state index < -0.39 is 16.0 Å². The number of carboxylic acids is 1. The molecule has 0 bridgehead atoms. The van der Waals surface area contributed by atoms with Crippen molar-refractivity contribution >= 4 is 39.2 Å². The van der Waals surface area contributed by atoms with Crippen LogP contribution in [0.25, 0.3) is 0 Å². The Labute approximate surface area is 126 Å². The predicted molar refractivity (Wildman–Crippen MR) is 75.1 cm³/mol. The molecular weight excluding hydrogens is 329 g/mol. The maximum Gasteiger partial charge on any atom is 0.337 e. The van der Waals surface area contributed by atoms with E-state index in [0.29, 0.717) is 0 Å². The lowest BCUT2D eigenvalue weighted by molar-refractivity contribution is 0.0697.